The summed E-state index contributed by atoms with van der Waals surface area (Å²) in [6.07, 6.45) is 0.250. The largest absolute Gasteiger partial charge is 0.450 e. The van der Waals surface area contributed by atoms with E-state index in [0.717, 1.165) is 5.39 Å². The molecule has 0 aliphatic carbocycles. The Balaban J connectivity index is 1.65. The number of furan rings is 1. The van der Waals surface area contributed by atoms with Crippen molar-refractivity contribution < 1.29 is 19.6 Å². The number of nitro groups is 1. The van der Waals surface area contributed by atoms with Crippen LogP contribution in [-0.2, 0) is 0 Å². The van der Waals surface area contributed by atoms with E-state index in [0.29, 0.717) is 28.1 Å². The highest BCUT2D eigenvalue weighted by atomic mass is 16.6. The van der Waals surface area contributed by atoms with Crippen molar-refractivity contribution in [3.63, 3.8) is 0 Å². The lowest BCUT2D eigenvalue weighted by Crippen LogP contribution is -2.31. The van der Waals surface area contributed by atoms with E-state index >= 15 is 0 Å². The van der Waals surface area contributed by atoms with Crippen LogP contribution in [0, 0.1) is 10.1 Å². The molecular formula is C19H16N4O5. The fourth-order valence-corrected chi connectivity index (χ4v) is 3.05. The molecule has 0 fully saturated rings. The normalized spacial score (nSPS) is 13.5. The number of hydrogen-bond acceptors (Lipinski definition) is 8. The fraction of sp³-hybridized carbons (Fsp3) is 0.158. The van der Waals surface area contributed by atoms with Crippen LogP contribution in [0.15, 0.2) is 59.3 Å². The first-order valence-corrected chi connectivity index (χ1v) is 8.50. The lowest BCUT2D eigenvalue weighted by Gasteiger charge is -2.23. The number of nitro benzene ring substituents is 1. The first-order valence-electron chi connectivity index (χ1n) is 8.50. The number of hydrogen-bond donors (Lipinski definition) is 3. The number of fused-ring (bicyclic) bond motifs is 3. The summed E-state index contributed by atoms with van der Waals surface area (Å²) in [6.45, 7) is -0.399. The number of aliphatic hydroxyl groups is 2. The second-order valence-corrected chi connectivity index (χ2v) is 6.23. The minimum absolute atomic E-state index is 0.0794. The van der Waals surface area contributed by atoms with Gasteiger partial charge in [0.25, 0.3) is 5.69 Å². The Morgan fingerprint density at radius 2 is 1.89 bits per heavy atom. The Bertz CT molecular complexity index is 1140. The molecule has 0 amide bonds. The molecule has 0 saturated carbocycles. The molecule has 2 aromatic carbocycles. The Morgan fingerprint density at radius 3 is 2.61 bits per heavy atom. The van der Waals surface area contributed by atoms with E-state index < -0.39 is 23.7 Å². The van der Waals surface area contributed by atoms with Gasteiger partial charge in [-0.1, -0.05) is 12.1 Å². The van der Waals surface area contributed by atoms with E-state index in [1.807, 2.05) is 24.3 Å². The molecule has 2 atom stereocenters. The Hall–Kier alpha value is -3.56. The molecule has 0 aliphatic heterocycles. The van der Waals surface area contributed by atoms with Crippen LogP contribution in [0.1, 0.15) is 11.7 Å². The molecule has 0 aliphatic rings. The number of rotatable bonds is 6. The maximum Gasteiger partial charge on any atom is 0.269 e. The average Bonchev–Trinajstić information content (AvgIpc) is 3.11. The third-order valence-electron chi connectivity index (χ3n) is 4.50. The van der Waals surface area contributed by atoms with Crippen molar-refractivity contribution in [2.24, 2.45) is 0 Å². The third-order valence-corrected chi connectivity index (χ3v) is 4.50. The molecule has 0 radical (unpaired) electrons. The van der Waals surface area contributed by atoms with Gasteiger partial charge in [0.05, 0.1) is 17.6 Å². The van der Waals surface area contributed by atoms with Crippen LogP contribution in [0.25, 0.3) is 22.1 Å². The van der Waals surface area contributed by atoms with Gasteiger partial charge in [-0.2, -0.15) is 0 Å². The highest BCUT2D eigenvalue weighted by molar-refractivity contribution is 6.05. The molecule has 0 saturated heterocycles. The highest BCUT2D eigenvalue weighted by Crippen LogP contribution is 2.31. The summed E-state index contributed by atoms with van der Waals surface area (Å²) in [6, 6.07) is 12.1. The highest BCUT2D eigenvalue weighted by Gasteiger charge is 2.23. The Morgan fingerprint density at radius 1 is 1.14 bits per heavy atom. The zero-order valence-corrected chi connectivity index (χ0v) is 14.5. The van der Waals surface area contributed by atoms with E-state index in [4.69, 9.17) is 4.42 Å². The monoisotopic (exact) mass is 380 g/mol. The number of non-ortho nitro benzene ring substituents is 1. The molecule has 0 unspecified atom stereocenters. The SMILES string of the molecule is O=[N+]([O-])c1ccc([C@@H](O)[C@@H](CO)Nc2ncnc3c2oc2ccccc23)cc1. The number of anilines is 1. The Labute approximate surface area is 158 Å². The van der Waals surface area contributed by atoms with Crippen LogP contribution in [0.2, 0.25) is 0 Å². The lowest BCUT2D eigenvalue weighted by atomic mass is 10.0. The first kappa shape index (κ1) is 17.8. The van der Waals surface area contributed by atoms with Gasteiger partial charge in [-0.15, -0.1) is 0 Å². The van der Waals surface area contributed by atoms with Crippen molar-refractivity contribution >= 4 is 33.6 Å². The van der Waals surface area contributed by atoms with Crippen molar-refractivity contribution in [1.82, 2.24) is 9.97 Å². The zero-order chi connectivity index (χ0) is 19.7. The van der Waals surface area contributed by atoms with Gasteiger partial charge in [0.1, 0.15) is 23.5 Å². The van der Waals surface area contributed by atoms with Crippen LogP contribution in [0.5, 0.6) is 0 Å². The summed E-state index contributed by atoms with van der Waals surface area (Å²) in [7, 11) is 0. The van der Waals surface area contributed by atoms with Gasteiger partial charge in [-0.3, -0.25) is 10.1 Å². The maximum atomic E-state index is 10.8. The number of nitrogens with one attached hydrogen (secondary N) is 1. The molecule has 3 N–H and O–H groups in total. The second kappa shape index (κ2) is 7.22. The summed E-state index contributed by atoms with van der Waals surface area (Å²) in [5.74, 6) is 0.334. The maximum absolute atomic E-state index is 10.8. The van der Waals surface area contributed by atoms with Crippen LogP contribution >= 0.6 is 0 Å². The summed E-state index contributed by atoms with van der Waals surface area (Å²) < 4.78 is 5.83. The van der Waals surface area contributed by atoms with Gasteiger partial charge in [-0.25, -0.2) is 9.97 Å². The minimum Gasteiger partial charge on any atom is -0.450 e. The molecule has 0 bridgehead atoms. The molecule has 4 rings (SSSR count). The van der Waals surface area contributed by atoms with Crippen molar-refractivity contribution in [1.29, 1.82) is 0 Å². The van der Waals surface area contributed by atoms with Crippen LogP contribution in [0.4, 0.5) is 11.5 Å². The van der Waals surface area contributed by atoms with Crippen LogP contribution in [0.3, 0.4) is 0 Å². The van der Waals surface area contributed by atoms with Gasteiger partial charge in [0, 0.05) is 17.5 Å². The molecule has 2 aromatic heterocycles. The van der Waals surface area contributed by atoms with Crippen molar-refractivity contribution in [3.8, 4) is 0 Å². The average molecular weight is 380 g/mol. The topological polar surface area (TPSA) is 135 Å². The summed E-state index contributed by atoms with van der Waals surface area (Å²) in [5.41, 5.74) is 2.03. The van der Waals surface area contributed by atoms with Gasteiger partial charge in [0.2, 0.25) is 0 Å². The molecule has 2 heterocycles. The standard InChI is InChI=1S/C19H16N4O5/c24-9-14(17(25)11-5-7-12(8-6-11)23(26)27)22-19-18-16(20-10-21-19)13-3-1-2-4-15(13)28-18/h1-8,10,14,17,24-25H,9H2,(H,20,21,22)/t14-,17-/m1/s1. The quantitative estimate of drug-likeness (QED) is 0.343. The van der Waals surface area contributed by atoms with Crippen LogP contribution in [-0.4, -0.2) is 37.8 Å². The smallest absolute Gasteiger partial charge is 0.269 e. The van der Waals surface area contributed by atoms with Gasteiger partial charge < -0.3 is 19.9 Å². The van der Waals surface area contributed by atoms with E-state index in [9.17, 15) is 20.3 Å². The van der Waals surface area contributed by atoms with Crippen molar-refractivity contribution in [3.05, 3.63) is 70.5 Å². The van der Waals surface area contributed by atoms with Crippen LogP contribution < -0.4 is 5.32 Å². The molecule has 0 spiro atoms. The predicted octanol–water partition coefficient (Wildman–Crippen LogP) is 2.79. The van der Waals surface area contributed by atoms with Crippen molar-refractivity contribution in [2.75, 3.05) is 11.9 Å². The molecule has 28 heavy (non-hydrogen) atoms. The summed E-state index contributed by atoms with van der Waals surface area (Å²) in [4.78, 5) is 18.7. The van der Waals surface area contributed by atoms with Gasteiger partial charge in [-0.05, 0) is 29.8 Å². The molecule has 142 valence electrons. The van der Waals surface area contributed by atoms with E-state index in [-0.39, 0.29) is 5.69 Å². The lowest BCUT2D eigenvalue weighted by molar-refractivity contribution is -0.384. The number of nitrogens with zero attached hydrogens (tertiary/aromatic N) is 3. The van der Waals surface area contributed by atoms with E-state index in [1.54, 1.807) is 0 Å². The van der Waals surface area contributed by atoms with Crippen molar-refractivity contribution in [2.45, 2.75) is 12.1 Å². The number of aromatic nitrogens is 2. The third kappa shape index (κ3) is 3.13. The Kier molecular flexibility index (Phi) is 4.60. The van der Waals surface area contributed by atoms with Gasteiger partial charge in [0.15, 0.2) is 11.4 Å². The number of para-hydroxylation sites is 1. The molecular weight excluding hydrogens is 364 g/mol. The van der Waals surface area contributed by atoms with E-state index in [2.05, 4.69) is 15.3 Å². The molecule has 9 nitrogen and oxygen atoms in total. The molecule has 4 aromatic rings. The summed E-state index contributed by atoms with van der Waals surface area (Å²) in [5, 5.41) is 35.0. The first-order chi connectivity index (χ1) is 13.6. The predicted molar refractivity (Wildman–Crippen MR) is 102 cm³/mol. The van der Waals surface area contributed by atoms with E-state index in [1.165, 1.54) is 30.6 Å². The zero-order valence-electron chi connectivity index (χ0n) is 14.5. The number of aliphatic hydroxyl groups excluding tert-OH is 2. The molecule has 9 heteroatoms. The van der Waals surface area contributed by atoms with Gasteiger partial charge >= 0.3 is 0 Å². The second-order valence-electron chi connectivity index (χ2n) is 6.23. The minimum atomic E-state index is -1.12. The number of benzene rings is 2. The summed E-state index contributed by atoms with van der Waals surface area (Å²) >= 11 is 0. The fourth-order valence-electron chi connectivity index (χ4n) is 3.05.